The quantitative estimate of drug-likeness (QED) is 0.826. The second kappa shape index (κ2) is 7.24. The summed E-state index contributed by atoms with van der Waals surface area (Å²) < 4.78 is 11.4. The van der Waals surface area contributed by atoms with Gasteiger partial charge in [-0.2, -0.15) is 0 Å². The minimum absolute atomic E-state index is 0.157. The highest BCUT2D eigenvalue weighted by Gasteiger charge is 2.45. The van der Waals surface area contributed by atoms with Crippen molar-refractivity contribution in [2.75, 3.05) is 31.6 Å². The lowest BCUT2D eigenvalue weighted by molar-refractivity contribution is -0.189. The van der Waals surface area contributed by atoms with Crippen LogP contribution in [-0.4, -0.2) is 48.8 Å². The van der Waals surface area contributed by atoms with E-state index < -0.39 is 11.2 Å². The van der Waals surface area contributed by atoms with Gasteiger partial charge in [-0.15, -0.1) is 0 Å². The van der Waals surface area contributed by atoms with Crippen molar-refractivity contribution in [3.8, 4) is 0 Å². The van der Waals surface area contributed by atoms with Crippen molar-refractivity contribution in [3.05, 3.63) is 28.8 Å². The molecule has 2 fully saturated rings. The highest BCUT2D eigenvalue weighted by Crippen LogP contribution is 2.33. The number of carbonyl (C=O) groups excluding carboxylic acids is 2. The van der Waals surface area contributed by atoms with Crippen LogP contribution in [0.15, 0.2) is 12.1 Å². The molecule has 2 heterocycles. The first kappa shape index (κ1) is 19.8. The molecule has 0 aromatic heterocycles. The van der Waals surface area contributed by atoms with Gasteiger partial charge in [0.15, 0.2) is 5.79 Å². The van der Waals surface area contributed by atoms with E-state index in [1.807, 2.05) is 32.9 Å². The normalized spacial score (nSPS) is 19.4. The number of piperidine rings is 1. The molecule has 3 rings (SSSR count). The summed E-state index contributed by atoms with van der Waals surface area (Å²) in [5.74, 6) is -0.967. The number of benzene rings is 1. The SMILES string of the molecule is Cc1cc(C)c(NC(=O)C(C)(C)C(=O)N2CCC3(CC2)OCCO3)c(C)c1. The van der Waals surface area contributed by atoms with Crippen molar-refractivity contribution in [2.24, 2.45) is 5.41 Å². The summed E-state index contributed by atoms with van der Waals surface area (Å²) in [6.07, 6.45) is 1.29. The average molecular weight is 374 g/mol. The molecule has 27 heavy (non-hydrogen) atoms. The van der Waals surface area contributed by atoms with Gasteiger partial charge < -0.3 is 19.7 Å². The van der Waals surface area contributed by atoms with Gasteiger partial charge in [-0.05, 0) is 45.7 Å². The molecule has 6 heteroatoms. The van der Waals surface area contributed by atoms with Crippen LogP contribution in [0.4, 0.5) is 5.69 Å². The zero-order chi connectivity index (χ0) is 19.8. The number of ether oxygens (including phenoxy) is 2. The maximum Gasteiger partial charge on any atom is 0.239 e. The summed E-state index contributed by atoms with van der Waals surface area (Å²) >= 11 is 0. The van der Waals surface area contributed by atoms with Crippen LogP contribution in [-0.2, 0) is 19.1 Å². The average Bonchev–Trinajstić information content (AvgIpc) is 3.06. The third kappa shape index (κ3) is 3.87. The van der Waals surface area contributed by atoms with Crippen molar-refractivity contribution in [2.45, 2.75) is 53.2 Å². The molecule has 0 radical (unpaired) electrons. The van der Waals surface area contributed by atoms with E-state index in [9.17, 15) is 9.59 Å². The fourth-order valence-corrected chi connectivity index (χ4v) is 3.98. The Morgan fingerprint density at radius 2 is 1.56 bits per heavy atom. The minimum atomic E-state index is -1.15. The van der Waals surface area contributed by atoms with Crippen molar-refractivity contribution in [3.63, 3.8) is 0 Å². The van der Waals surface area contributed by atoms with Crippen LogP contribution in [0.2, 0.25) is 0 Å². The topological polar surface area (TPSA) is 67.9 Å². The summed E-state index contributed by atoms with van der Waals surface area (Å²) in [4.78, 5) is 27.8. The third-order valence-electron chi connectivity index (χ3n) is 5.64. The Bertz CT molecular complexity index is 718. The fourth-order valence-electron chi connectivity index (χ4n) is 3.98. The monoisotopic (exact) mass is 374 g/mol. The molecule has 2 aliphatic rings. The molecule has 6 nitrogen and oxygen atoms in total. The van der Waals surface area contributed by atoms with Crippen molar-refractivity contribution in [1.29, 1.82) is 0 Å². The molecule has 0 atom stereocenters. The van der Waals surface area contributed by atoms with Crippen LogP contribution >= 0.6 is 0 Å². The summed E-state index contributed by atoms with van der Waals surface area (Å²) in [5.41, 5.74) is 2.79. The van der Waals surface area contributed by atoms with E-state index in [4.69, 9.17) is 9.47 Å². The van der Waals surface area contributed by atoms with E-state index in [0.717, 1.165) is 22.4 Å². The van der Waals surface area contributed by atoms with E-state index in [1.165, 1.54) is 0 Å². The van der Waals surface area contributed by atoms with Gasteiger partial charge in [-0.3, -0.25) is 9.59 Å². The number of anilines is 1. The van der Waals surface area contributed by atoms with Crippen LogP contribution < -0.4 is 5.32 Å². The van der Waals surface area contributed by atoms with Crippen LogP contribution in [0.5, 0.6) is 0 Å². The van der Waals surface area contributed by atoms with E-state index >= 15 is 0 Å². The molecule has 148 valence electrons. The van der Waals surface area contributed by atoms with Gasteiger partial charge in [0, 0.05) is 31.6 Å². The van der Waals surface area contributed by atoms with E-state index in [1.54, 1.807) is 18.7 Å². The molecule has 2 aliphatic heterocycles. The van der Waals surface area contributed by atoms with Gasteiger partial charge >= 0.3 is 0 Å². The Labute approximate surface area is 161 Å². The molecule has 2 saturated heterocycles. The first-order valence-corrected chi connectivity index (χ1v) is 9.61. The zero-order valence-corrected chi connectivity index (χ0v) is 17.0. The molecule has 1 spiro atoms. The van der Waals surface area contributed by atoms with Gasteiger partial charge in [0.1, 0.15) is 5.41 Å². The lowest BCUT2D eigenvalue weighted by atomic mass is 9.88. The largest absolute Gasteiger partial charge is 0.347 e. The van der Waals surface area contributed by atoms with E-state index in [-0.39, 0.29) is 11.8 Å². The fraction of sp³-hybridized carbons (Fsp3) is 0.619. The van der Waals surface area contributed by atoms with Crippen LogP contribution in [0, 0.1) is 26.2 Å². The van der Waals surface area contributed by atoms with Gasteiger partial charge in [0.05, 0.1) is 13.2 Å². The van der Waals surface area contributed by atoms with Gasteiger partial charge in [-0.1, -0.05) is 17.7 Å². The molecule has 1 aromatic rings. The van der Waals surface area contributed by atoms with Crippen molar-refractivity contribution >= 4 is 17.5 Å². The molecule has 1 N–H and O–H groups in total. The number of rotatable bonds is 3. The standard InChI is InChI=1S/C21H30N2O4/c1-14-12-15(2)17(16(3)13-14)22-18(24)20(4,5)19(25)23-8-6-21(7-9-23)26-10-11-27-21/h12-13H,6-11H2,1-5H3,(H,22,24). The predicted octanol–water partition coefficient (Wildman–Crippen LogP) is 2.94. The number of nitrogens with zero attached hydrogens (tertiary/aromatic N) is 1. The van der Waals surface area contributed by atoms with Crippen LogP contribution in [0.1, 0.15) is 43.4 Å². The maximum absolute atomic E-state index is 13.1. The second-order valence-electron chi connectivity index (χ2n) is 8.25. The first-order chi connectivity index (χ1) is 12.6. The van der Waals surface area contributed by atoms with Crippen LogP contribution in [0.3, 0.4) is 0 Å². The number of amides is 2. The van der Waals surface area contributed by atoms with Crippen molar-refractivity contribution < 1.29 is 19.1 Å². The lowest BCUT2D eigenvalue weighted by Crippen LogP contribution is -2.53. The predicted molar refractivity (Wildman–Crippen MR) is 104 cm³/mol. The number of aryl methyl sites for hydroxylation is 3. The van der Waals surface area contributed by atoms with E-state index in [2.05, 4.69) is 5.32 Å². The third-order valence-corrected chi connectivity index (χ3v) is 5.64. The summed E-state index contributed by atoms with van der Waals surface area (Å²) in [6, 6.07) is 4.06. The molecule has 0 unspecified atom stereocenters. The maximum atomic E-state index is 13.1. The summed E-state index contributed by atoms with van der Waals surface area (Å²) in [7, 11) is 0. The smallest absolute Gasteiger partial charge is 0.239 e. The Kier molecular flexibility index (Phi) is 5.32. The Morgan fingerprint density at radius 1 is 1.04 bits per heavy atom. The Morgan fingerprint density at radius 3 is 2.07 bits per heavy atom. The summed E-state index contributed by atoms with van der Waals surface area (Å²) in [5, 5.41) is 2.98. The molecular formula is C21H30N2O4. The van der Waals surface area contributed by atoms with Crippen LogP contribution in [0.25, 0.3) is 0 Å². The number of hydrogen-bond acceptors (Lipinski definition) is 4. The summed E-state index contributed by atoms with van der Waals surface area (Å²) in [6.45, 7) is 11.6. The highest BCUT2D eigenvalue weighted by molar-refractivity contribution is 6.10. The van der Waals surface area contributed by atoms with E-state index in [0.29, 0.717) is 39.1 Å². The second-order valence-corrected chi connectivity index (χ2v) is 8.25. The molecule has 0 aliphatic carbocycles. The van der Waals surface area contributed by atoms with Gasteiger partial charge in [0.2, 0.25) is 11.8 Å². The molecule has 0 bridgehead atoms. The minimum Gasteiger partial charge on any atom is -0.347 e. The Hall–Kier alpha value is -1.92. The number of likely N-dealkylation sites (tertiary alicyclic amines) is 1. The number of nitrogens with one attached hydrogen (secondary N) is 1. The van der Waals surface area contributed by atoms with Gasteiger partial charge in [-0.25, -0.2) is 0 Å². The highest BCUT2D eigenvalue weighted by atomic mass is 16.7. The Balaban J connectivity index is 1.68. The molecular weight excluding hydrogens is 344 g/mol. The molecule has 0 saturated carbocycles. The molecule has 2 amide bonds. The first-order valence-electron chi connectivity index (χ1n) is 9.61. The van der Waals surface area contributed by atoms with Crippen molar-refractivity contribution in [1.82, 2.24) is 4.90 Å². The number of carbonyl (C=O) groups is 2. The molecule has 1 aromatic carbocycles. The number of hydrogen-bond donors (Lipinski definition) is 1. The van der Waals surface area contributed by atoms with Gasteiger partial charge in [0.25, 0.3) is 0 Å². The zero-order valence-electron chi connectivity index (χ0n) is 17.0. The lowest BCUT2D eigenvalue weighted by Gasteiger charge is -2.40.